The van der Waals surface area contributed by atoms with Gasteiger partial charge in [-0.15, -0.1) is 11.3 Å². The summed E-state index contributed by atoms with van der Waals surface area (Å²) in [6.45, 7) is 4.21. The summed E-state index contributed by atoms with van der Waals surface area (Å²) < 4.78 is 1.43. The monoisotopic (exact) mass is 312 g/mol. The smallest absolute Gasteiger partial charge is 0.168 e. The van der Waals surface area contributed by atoms with Crippen LogP contribution in [-0.4, -0.2) is 23.2 Å². The summed E-state index contributed by atoms with van der Waals surface area (Å²) in [5.74, 6) is 0.786. The Hall–Kier alpha value is -1.26. The Morgan fingerprint density at radius 2 is 2.19 bits per heavy atom. The lowest BCUT2D eigenvalue weighted by Gasteiger charge is -2.18. The van der Waals surface area contributed by atoms with Gasteiger partial charge in [-0.1, -0.05) is 17.8 Å². The molecule has 1 saturated carbocycles. The zero-order chi connectivity index (χ0) is 14.0. The number of nitrogens with zero attached hydrogens (tertiary/aromatic N) is 2. The summed E-state index contributed by atoms with van der Waals surface area (Å²) in [5.41, 5.74) is 4.25. The summed E-state index contributed by atoms with van der Waals surface area (Å²) in [4.78, 5) is 8.73. The highest BCUT2D eigenvalue weighted by atomic mass is 32.2. The third kappa shape index (κ3) is 1.82. The molecule has 4 heteroatoms. The van der Waals surface area contributed by atoms with E-state index in [9.17, 15) is 0 Å². The van der Waals surface area contributed by atoms with Gasteiger partial charge in [0.2, 0.25) is 0 Å². The zero-order valence-electron chi connectivity index (χ0n) is 11.9. The second-order valence-corrected chi connectivity index (χ2v) is 7.98. The minimum absolute atomic E-state index is 0.786. The van der Waals surface area contributed by atoms with E-state index in [1.807, 2.05) is 23.1 Å². The highest BCUT2D eigenvalue weighted by Crippen LogP contribution is 2.53. The minimum atomic E-state index is 0.786. The van der Waals surface area contributed by atoms with Crippen LogP contribution >= 0.6 is 23.1 Å². The number of hydrogen-bond acceptors (Lipinski definition) is 4. The van der Waals surface area contributed by atoms with Crippen molar-refractivity contribution >= 4 is 44.0 Å². The first-order valence-electron chi connectivity index (χ1n) is 7.53. The Kier molecular flexibility index (Phi) is 2.56. The normalized spacial score (nSPS) is 21.4. The highest BCUT2D eigenvalue weighted by molar-refractivity contribution is 8.17. The third-order valence-corrected chi connectivity index (χ3v) is 6.65. The van der Waals surface area contributed by atoms with Gasteiger partial charge < -0.3 is 4.90 Å². The van der Waals surface area contributed by atoms with Gasteiger partial charge in [-0.05, 0) is 54.1 Å². The zero-order valence-corrected chi connectivity index (χ0v) is 13.6. The van der Waals surface area contributed by atoms with Crippen molar-refractivity contribution in [1.82, 2.24) is 4.90 Å². The van der Waals surface area contributed by atoms with Crippen LogP contribution in [0.25, 0.3) is 15.8 Å². The Morgan fingerprint density at radius 1 is 1.29 bits per heavy atom. The molecule has 1 fully saturated rings. The largest absolute Gasteiger partial charge is 0.318 e. The third-order valence-electron chi connectivity index (χ3n) is 4.40. The van der Waals surface area contributed by atoms with Crippen molar-refractivity contribution in [2.45, 2.75) is 19.8 Å². The van der Waals surface area contributed by atoms with Crippen molar-refractivity contribution in [3.05, 3.63) is 39.6 Å². The van der Waals surface area contributed by atoms with Crippen molar-refractivity contribution in [2.75, 3.05) is 13.1 Å². The van der Waals surface area contributed by atoms with E-state index in [0.717, 1.165) is 19.0 Å². The minimum Gasteiger partial charge on any atom is -0.318 e. The van der Waals surface area contributed by atoms with Crippen LogP contribution in [0.3, 0.4) is 0 Å². The number of thiophene rings is 1. The van der Waals surface area contributed by atoms with Gasteiger partial charge in [-0.25, -0.2) is 0 Å². The van der Waals surface area contributed by atoms with Crippen LogP contribution in [0, 0.1) is 12.8 Å². The molecule has 0 amide bonds. The van der Waals surface area contributed by atoms with Crippen molar-refractivity contribution in [3.63, 3.8) is 0 Å². The predicted octanol–water partition coefficient (Wildman–Crippen LogP) is 4.71. The van der Waals surface area contributed by atoms with Crippen LogP contribution in [0.15, 0.2) is 33.5 Å². The molecular weight excluding hydrogens is 296 g/mol. The van der Waals surface area contributed by atoms with Crippen LogP contribution in [0.1, 0.15) is 24.0 Å². The van der Waals surface area contributed by atoms with E-state index in [-0.39, 0.29) is 0 Å². The first-order chi connectivity index (χ1) is 10.3. The van der Waals surface area contributed by atoms with E-state index in [0.29, 0.717) is 0 Å². The average Bonchev–Trinajstić information content (AvgIpc) is 2.89. The van der Waals surface area contributed by atoms with Crippen LogP contribution in [-0.2, 0) is 0 Å². The molecule has 106 valence electrons. The molecule has 2 aliphatic heterocycles. The van der Waals surface area contributed by atoms with Crippen LogP contribution < -0.4 is 0 Å². The summed E-state index contributed by atoms with van der Waals surface area (Å²) in [5, 5.41) is 4.83. The van der Waals surface area contributed by atoms with E-state index in [2.05, 4.69) is 35.4 Å². The van der Waals surface area contributed by atoms with E-state index < -0.39 is 0 Å². The molecule has 0 unspecified atom stereocenters. The molecule has 0 radical (unpaired) electrons. The average molecular weight is 312 g/mol. The summed E-state index contributed by atoms with van der Waals surface area (Å²) in [6.07, 6.45) is 2.71. The van der Waals surface area contributed by atoms with Gasteiger partial charge in [0.25, 0.3) is 0 Å². The lowest BCUT2D eigenvalue weighted by Crippen LogP contribution is -2.20. The highest BCUT2D eigenvalue weighted by Gasteiger charge is 2.40. The van der Waals surface area contributed by atoms with E-state index in [1.54, 1.807) is 4.91 Å². The molecule has 3 heterocycles. The molecular formula is C17H16N2S2. The number of aryl methyl sites for hydroxylation is 1. The van der Waals surface area contributed by atoms with Gasteiger partial charge in [0.15, 0.2) is 5.17 Å². The van der Waals surface area contributed by atoms with Gasteiger partial charge >= 0.3 is 0 Å². The SMILES string of the molecule is Cc1cc(C2=C(C3CC3)SC3=NCCN32)c2sccc2c1. The standard InChI is InChI=1S/C17H16N2S2/c1-10-8-12-4-7-20-15(12)13(9-10)14-16(11-2-3-11)21-17-18-5-6-19(14)17/h4,7-9,11H,2-3,5-6H2,1H3. The first-order valence-corrected chi connectivity index (χ1v) is 9.23. The van der Waals surface area contributed by atoms with Crippen LogP contribution in [0.2, 0.25) is 0 Å². The number of amidine groups is 1. The molecule has 1 aromatic heterocycles. The summed E-state index contributed by atoms with van der Waals surface area (Å²) >= 11 is 3.80. The molecule has 1 aliphatic carbocycles. The van der Waals surface area contributed by atoms with Crippen molar-refractivity contribution in [3.8, 4) is 0 Å². The maximum Gasteiger partial charge on any atom is 0.168 e. The molecule has 5 rings (SSSR count). The molecule has 0 spiro atoms. The second-order valence-electron chi connectivity index (χ2n) is 6.06. The van der Waals surface area contributed by atoms with Crippen LogP contribution in [0.4, 0.5) is 0 Å². The molecule has 21 heavy (non-hydrogen) atoms. The fraction of sp³-hybridized carbons (Fsp3) is 0.353. The molecule has 2 aromatic rings. The number of allylic oxidation sites excluding steroid dienone is 1. The maximum absolute atomic E-state index is 4.69. The Morgan fingerprint density at radius 3 is 3.05 bits per heavy atom. The van der Waals surface area contributed by atoms with Gasteiger partial charge in [0.1, 0.15) is 0 Å². The topological polar surface area (TPSA) is 15.6 Å². The summed E-state index contributed by atoms with van der Waals surface area (Å²) in [6, 6.07) is 6.92. The number of hydrogen-bond donors (Lipinski definition) is 0. The molecule has 0 atom stereocenters. The number of rotatable bonds is 2. The first kappa shape index (κ1) is 12.3. The van der Waals surface area contributed by atoms with Gasteiger partial charge in [-0.2, -0.15) is 0 Å². The van der Waals surface area contributed by atoms with E-state index >= 15 is 0 Å². The Bertz CT molecular complexity index is 811. The lowest BCUT2D eigenvalue weighted by atomic mass is 10.0. The quantitative estimate of drug-likeness (QED) is 0.798. The molecule has 2 nitrogen and oxygen atoms in total. The van der Waals surface area contributed by atoms with Crippen molar-refractivity contribution in [1.29, 1.82) is 0 Å². The number of fused-ring (bicyclic) bond motifs is 2. The number of aliphatic imine (C=N–C) groups is 1. The number of benzene rings is 1. The van der Waals surface area contributed by atoms with Gasteiger partial charge in [0.05, 0.1) is 12.2 Å². The second kappa shape index (κ2) is 4.37. The molecule has 0 bridgehead atoms. The fourth-order valence-electron chi connectivity index (χ4n) is 3.31. The Labute approximate surface area is 132 Å². The lowest BCUT2D eigenvalue weighted by molar-refractivity contribution is 0.646. The van der Waals surface area contributed by atoms with Crippen molar-refractivity contribution in [2.24, 2.45) is 10.9 Å². The Balaban J connectivity index is 1.78. The molecule has 0 saturated heterocycles. The maximum atomic E-state index is 4.69. The van der Waals surface area contributed by atoms with Gasteiger partial charge in [-0.3, -0.25) is 4.99 Å². The predicted molar refractivity (Wildman–Crippen MR) is 92.8 cm³/mol. The number of thioether (sulfide) groups is 1. The summed E-state index contributed by atoms with van der Waals surface area (Å²) in [7, 11) is 0. The van der Waals surface area contributed by atoms with E-state index in [1.165, 1.54) is 44.9 Å². The molecule has 1 aromatic carbocycles. The van der Waals surface area contributed by atoms with Crippen LogP contribution in [0.5, 0.6) is 0 Å². The molecule has 0 N–H and O–H groups in total. The van der Waals surface area contributed by atoms with Gasteiger partial charge in [0, 0.05) is 21.7 Å². The molecule has 3 aliphatic rings. The van der Waals surface area contributed by atoms with Crippen molar-refractivity contribution < 1.29 is 0 Å². The van der Waals surface area contributed by atoms with E-state index in [4.69, 9.17) is 4.99 Å². The fourth-order valence-corrected chi connectivity index (χ4v) is 5.57.